The summed E-state index contributed by atoms with van der Waals surface area (Å²) in [6.45, 7) is 0. The highest BCUT2D eigenvalue weighted by Gasteiger charge is 2.33. The molecule has 1 heterocycles. The van der Waals surface area contributed by atoms with E-state index in [1.807, 2.05) is 42.5 Å². The SMILES string of the molecule is O=C(O)[C@@H]1CC[C@H](C(=O)Nc2ccc(Cc3nc4ccccc4s3)cc2)C1. The largest absolute Gasteiger partial charge is 0.481 e. The van der Waals surface area contributed by atoms with Gasteiger partial charge in [-0.1, -0.05) is 24.3 Å². The Morgan fingerprint density at radius 3 is 2.52 bits per heavy atom. The molecular formula is C21H20N2O3S. The number of carbonyl (C=O) groups is 2. The molecule has 138 valence electrons. The van der Waals surface area contributed by atoms with E-state index in [-0.39, 0.29) is 11.8 Å². The summed E-state index contributed by atoms with van der Waals surface area (Å²) in [5.41, 5.74) is 2.91. The molecular weight excluding hydrogens is 360 g/mol. The highest BCUT2D eigenvalue weighted by molar-refractivity contribution is 7.18. The van der Waals surface area contributed by atoms with Gasteiger partial charge in [-0.15, -0.1) is 11.3 Å². The van der Waals surface area contributed by atoms with E-state index in [1.54, 1.807) is 11.3 Å². The molecule has 1 saturated carbocycles. The molecule has 1 aliphatic carbocycles. The van der Waals surface area contributed by atoms with Gasteiger partial charge in [0, 0.05) is 18.0 Å². The summed E-state index contributed by atoms with van der Waals surface area (Å²) in [6, 6.07) is 15.9. The average molecular weight is 380 g/mol. The van der Waals surface area contributed by atoms with Crippen molar-refractivity contribution in [3.63, 3.8) is 0 Å². The van der Waals surface area contributed by atoms with Gasteiger partial charge in [-0.3, -0.25) is 9.59 Å². The van der Waals surface area contributed by atoms with Crippen LogP contribution in [0, 0.1) is 11.8 Å². The van der Waals surface area contributed by atoms with Gasteiger partial charge in [0.05, 0.1) is 21.1 Å². The summed E-state index contributed by atoms with van der Waals surface area (Å²) in [5, 5.41) is 13.0. The second-order valence-electron chi connectivity index (χ2n) is 6.98. The number of rotatable bonds is 5. The molecule has 0 aliphatic heterocycles. The molecule has 4 rings (SSSR count). The number of nitrogens with zero attached hydrogens (tertiary/aromatic N) is 1. The Labute approximate surface area is 161 Å². The number of aromatic nitrogens is 1. The number of anilines is 1. The van der Waals surface area contributed by atoms with E-state index in [2.05, 4.69) is 16.4 Å². The van der Waals surface area contributed by atoms with Crippen LogP contribution in [-0.2, 0) is 16.0 Å². The lowest BCUT2D eigenvalue weighted by molar-refractivity contribution is -0.141. The predicted molar refractivity (Wildman–Crippen MR) is 106 cm³/mol. The maximum atomic E-state index is 12.3. The van der Waals surface area contributed by atoms with Crippen molar-refractivity contribution in [2.75, 3.05) is 5.32 Å². The molecule has 2 atom stereocenters. The number of carboxylic acid groups (broad SMARTS) is 1. The summed E-state index contributed by atoms with van der Waals surface area (Å²) >= 11 is 1.70. The smallest absolute Gasteiger partial charge is 0.306 e. The second-order valence-corrected chi connectivity index (χ2v) is 8.10. The number of aliphatic carboxylic acids is 1. The summed E-state index contributed by atoms with van der Waals surface area (Å²) in [4.78, 5) is 28.0. The molecule has 0 unspecified atom stereocenters. The van der Waals surface area contributed by atoms with Crippen LogP contribution in [0.4, 0.5) is 5.69 Å². The molecule has 1 fully saturated rings. The van der Waals surface area contributed by atoms with E-state index in [9.17, 15) is 9.59 Å². The van der Waals surface area contributed by atoms with E-state index in [0.717, 1.165) is 28.2 Å². The van der Waals surface area contributed by atoms with Gasteiger partial charge in [0.2, 0.25) is 5.91 Å². The average Bonchev–Trinajstić information content (AvgIpc) is 3.30. The molecule has 0 spiro atoms. The first-order valence-corrected chi connectivity index (χ1v) is 9.87. The number of amides is 1. The van der Waals surface area contributed by atoms with E-state index >= 15 is 0 Å². The van der Waals surface area contributed by atoms with Gasteiger partial charge < -0.3 is 10.4 Å². The highest BCUT2D eigenvalue weighted by Crippen LogP contribution is 2.32. The minimum Gasteiger partial charge on any atom is -0.481 e. The molecule has 27 heavy (non-hydrogen) atoms. The van der Waals surface area contributed by atoms with Gasteiger partial charge >= 0.3 is 5.97 Å². The fourth-order valence-electron chi connectivity index (χ4n) is 3.56. The maximum Gasteiger partial charge on any atom is 0.306 e. The van der Waals surface area contributed by atoms with Crippen molar-refractivity contribution in [3.8, 4) is 0 Å². The number of hydrogen-bond acceptors (Lipinski definition) is 4. The van der Waals surface area contributed by atoms with Crippen molar-refractivity contribution in [2.45, 2.75) is 25.7 Å². The number of nitrogens with one attached hydrogen (secondary N) is 1. The third-order valence-corrected chi connectivity index (χ3v) is 6.10. The molecule has 2 aromatic carbocycles. The molecule has 6 heteroatoms. The van der Waals surface area contributed by atoms with Gasteiger partial charge in [-0.25, -0.2) is 4.98 Å². The van der Waals surface area contributed by atoms with Crippen molar-refractivity contribution in [1.29, 1.82) is 0 Å². The molecule has 1 amide bonds. The van der Waals surface area contributed by atoms with Crippen molar-refractivity contribution >= 4 is 39.1 Å². The van der Waals surface area contributed by atoms with Crippen molar-refractivity contribution < 1.29 is 14.7 Å². The van der Waals surface area contributed by atoms with Crippen LogP contribution in [-0.4, -0.2) is 22.0 Å². The molecule has 5 nitrogen and oxygen atoms in total. The van der Waals surface area contributed by atoms with Crippen LogP contribution in [0.1, 0.15) is 29.8 Å². The summed E-state index contributed by atoms with van der Waals surface area (Å²) in [6.07, 6.45) is 2.40. The quantitative estimate of drug-likeness (QED) is 0.691. The molecule has 1 aliphatic rings. The predicted octanol–water partition coefficient (Wildman–Crippen LogP) is 4.33. The number of carboxylic acids is 1. The minimum absolute atomic E-state index is 0.0855. The molecule has 2 N–H and O–H groups in total. The van der Waals surface area contributed by atoms with E-state index in [4.69, 9.17) is 5.11 Å². The normalized spacial score (nSPS) is 19.3. The third kappa shape index (κ3) is 4.01. The number of para-hydroxylation sites is 1. The standard InChI is InChI=1S/C21H20N2O3S/c24-20(14-7-8-15(12-14)21(25)26)22-16-9-5-13(6-10-16)11-19-23-17-3-1-2-4-18(17)27-19/h1-6,9-10,14-15H,7-8,11-12H2,(H,22,24)(H,25,26)/t14-,15+/m0/s1. The van der Waals surface area contributed by atoms with Crippen LogP contribution < -0.4 is 5.32 Å². The Hall–Kier alpha value is -2.73. The lowest BCUT2D eigenvalue weighted by Gasteiger charge is -2.11. The van der Waals surface area contributed by atoms with Crippen molar-refractivity contribution in [3.05, 3.63) is 59.1 Å². The molecule has 1 aromatic heterocycles. The van der Waals surface area contributed by atoms with Gasteiger partial charge in [0.15, 0.2) is 0 Å². The fraction of sp³-hybridized carbons (Fsp3) is 0.286. The molecule has 0 bridgehead atoms. The fourth-order valence-corrected chi connectivity index (χ4v) is 4.57. The van der Waals surface area contributed by atoms with Crippen LogP contribution in [0.25, 0.3) is 10.2 Å². The number of carbonyl (C=O) groups excluding carboxylic acids is 1. The third-order valence-electron chi connectivity index (χ3n) is 5.07. The first-order chi connectivity index (χ1) is 13.1. The van der Waals surface area contributed by atoms with E-state index in [0.29, 0.717) is 19.3 Å². The Morgan fingerprint density at radius 1 is 1.07 bits per heavy atom. The minimum atomic E-state index is -0.801. The number of fused-ring (bicyclic) bond motifs is 1. The zero-order valence-corrected chi connectivity index (χ0v) is 15.5. The number of thiazole rings is 1. The molecule has 0 saturated heterocycles. The Balaban J connectivity index is 1.37. The van der Waals surface area contributed by atoms with E-state index in [1.165, 1.54) is 4.70 Å². The van der Waals surface area contributed by atoms with Crippen molar-refractivity contribution in [2.24, 2.45) is 11.8 Å². The summed E-state index contributed by atoms with van der Waals surface area (Å²) in [5.74, 6) is -1.49. The van der Waals surface area contributed by atoms with Crippen molar-refractivity contribution in [1.82, 2.24) is 4.98 Å². The summed E-state index contributed by atoms with van der Waals surface area (Å²) < 4.78 is 1.19. The number of benzene rings is 2. The zero-order valence-electron chi connectivity index (χ0n) is 14.7. The highest BCUT2D eigenvalue weighted by atomic mass is 32.1. The lowest BCUT2D eigenvalue weighted by atomic mass is 10.0. The molecule has 3 aromatic rings. The van der Waals surface area contributed by atoms with Gasteiger partial charge in [0.25, 0.3) is 0 Å². The van der Waals surface area contributed by atoms with Crippen LogP contribution in [0.5, 0.6) is 0 Å². The first kappa shape index (κ1) is 17.7. The topological polar surface area (TPSA) is 79.3 Å². The van der Waals surface area contributed by atoms with Crippen LogP contribution in [0.3, 0.4) is 0 Å². The van der Waals surface area contributed by atoms with Crippen LogP contribution >= 0.6 is 11.3 Å². The van der Waals surface area contributed by atoms with Crippen LogP contribution in [0.2, 0.25) is 0 Å². The first-order valence-electron chi connectivity index (χ1n) is 9.05. The summed E-state index contributed by atoms with van der Waals surface area (Å²) in [7, 11) is 0. The second kappa shape index (κ2) is 7.48. The molecule has 0 radical (unpaired) electrons. The monoisotopic (exact) mass is 380 g/mol. The zero-order chi connectivity index (χ0) is 18.8. The lowest BCUT2D eigenvalue weighted by Crippen LogP contribution is -2.21. The Morgan fingerprint density at radius 2 is 1.81 bits per heavy atom. The maximum absolute atomic E-state index is 12.3. The van der Waals surface area contributed by atoms with E-state index < -0.39 is 11.9 Å². The van der Waals surface area contributed by atoms with Crippen LogP contribution in [0.15, 0.2) is 48.5 Å². The Bertz CT molecular complexity index is 948. The van der Waals surface area contributed by atoms with Gasteiger partial charge in [-0.2, -0.15) is 0 Å². The number of hydrogen-bond donors (Lipinski definition) is 2. The van der Waals surface area contributed by atoms with Gasteiger partial charge in [-0.05, 0) is 49.1 Å². The van der Waals surface area contributed by atoms with Gasteiger partial charge in [0.1, 0.15) is 0 Å². The Kier molecular flexibility index (Phi) is 4.90.